The van der Waals surface area contributed by atoms with Crippen molar-refractivity contribution in [3.63, 3.8) is 0 Å². The Hall–Kier alpha value is -1.43. The van der Waals surface area contributed by atoms with Crippen LogP contribution in [0.1, 0.15) is 44.7 Å². The fraction of sp³-hybridized carbons (Fsp3) is 0.667. The number of aryl methyl sites for hydroxylation is 1. The number of aromatic nitrogens is 1. The lowest BCUT2D eigenvalue weighted by Crippen LogP contribution is -2.46. The zero-order chi connectivity index (χ0) is 15.6. The number of amides is 2. The summed E-state index contributed by atoms with van der Waals surface area (Å²) in [5.74, 6) is 0.322. The zero-order valence-electron chi connectivity index (χ0n) is 13.0. The molecule has 6 heteroatoms. The molecule has 1 heterocycles. The molecule has 0 radical (unpaired) electrons. The van der Waals surface area contributed by atoms with Gasteiger partial charge in [0, 0.05) is 11.8 Å². The van der Waals surface area contributed by atoms with Crippen LogP contribution in [0.25, 0.3) is 0 Å². The second-order valence-corrected chi connectivity index (χ2v) is 7.23. The molecule has 2 amide bonds. The summed E-state index contributed by atoms with van der Waals surface area (Å²) >= 11 is 1.56. The van der Waals surface area contributed by atoms with Crippen molar-refractivity contribution in [3.05, 3.63) is 10.6 Å². The van der Waals surface area contributed by atoms with E-state index in [0.29, 0.717) is 11.0 Å². The smallest absolute Gasteiger partial charge is 0.248 e. The van der Waals surface area contributed by atoms with E-state index >= 15 is 0 Å². The standard InChI is InChI=1S/C15H23N3O2S/c1-8(2)13(16-10(4)19)14(20)18-15-17-11-6-5-9(3)7-12(11)21-15/h8-9,13H,5-7H2,1-4H3,(H,16,19)(H,17,18,20). The number of carbonyl (C=O) groups excluding carboxylic acids is 2. The van der Waals surface area contributed by atoms with Gasteiger partial charge in [0.25, 0.3) is 0 Å². The summed E-state index contributed by atoms with van der Waals surface area (Å²) in [6, 6.07) is -0.526. The van der Waals surface area contributed by atoms with Crippen LogP contribution in [0.3, 0.4) is 0 Å². The van der Waals surface area contributed by atoms with Crippen LogP contribution in [-0.4, -0.2) is 22.8 Å². The maximum absolute atomic E-state index is 12.3. The van der Waals surface area contributed by atoms with Crippen molar-refractivity contribution in [2.75, 3.05) is 5.32 Å². The van der Waals surface area contributed by atoms with Crippen molar-refractivity contribution in [2.45, 2.75) is 53.0 Å². The van der Waals surface area contributed by atoms with Crippen molar-refractivity contribution in [1.29, 1.82) is 0 Å². The average molecular weight is 309 g/mol. The maximum atomic E-state index is 12.3. The Labute approximate surface area is 129 Å². The molecule has 2 rings (SSSR count). The van der Waals surface area contributed by atoms with E-state index in [4.69, 9.17) is 0 Å². The molecule has 0 aromatic carbocycles. The van der Waals surface area contributed by atoms with Gasteiger partial charge in [-0.25, -0.2) is 4.98 Å². The predicted molar refractivity (Wildman–Crippen MR) is 84.4 cm³/mol. The first-order valence-electron chi connectivity index (χ1n) is 7.43. The van der Waals surface area contributed by atoms with Crippen molar-refractivity contribution < 1.29 is 9.59 Å². The van der Waals surface area contributed by atoms with Crippen LogP contribution in [0.5, 0.6) is 0 Å². The first-order chi connectivity index (χ1) is 9.86. The molecule has 0 fully saturated rings. The quantitative estimate of drug-likeness (QED) is 0.897. The Morgan fingerprint density at radius 1 is 1.38 bits per heavy atom. The van der Waals surface area contributed by atoms with Crippen molar-refractivity contribution in [1.82, 2.24) is 10.3 Å². The number of anilines is 1. The van der Waals surface area contributed by atoms with Gasteiger partial charge < -0.3 is 10.6 Å². The van der Waals surface area contributed by atoms with Crippen LogP contribution in [0.15, 0.2) is 0 Å². The summed E-state index contributed by atoms with van der Waals surface area (Å²) in [5, 5.41) is 6.20. The molecule has 0 bridgehead atoms. The largest absolute Gasteiger partial charge is 0.344 e. The van der Waals surface area contributed by atoms with E-state index in [0.717, 1.165) is 25.0 Å². The molecule has 0 saturated heterocycles. The van der Waals surface area contributed by atoms with Crippen LogP contribution < -0.4 is 10.6 Å². The van der Waals surface area contributed by atoms with E-state index in [1.807, 2.05) is 13.8 Å². The number of hydrogen-bond acceptors (Lipinski definition) is 4. The topological polar surface area (TPSA) is 71.1 Å². The summed E-state index contributed by atoms with van der Waals surface area (Å²) in [7, 11) is 0. The molecular weight excluding hydrogens is 286 g/mol. The number of rotatable bonds is 4. The van der Waals surface area contributed by atoms with E-state index < -0.39 is 6.04 Å². The molecule has 21 heavy (non-hydrogen) atoms. The Morgan fingerprint density at radius 3 is 2.71 bits per heavy atom. The number of nitrogens with zero attached hydrogens (tertiary/aromatic N) is 1. The summed E-state index contributed by atoms with van der Waals surface area (Å²) in [6.45, 7) is 7.49. The zero-order valence-corrected chi connectivity index (χ0v) is 13.8. The van der Waals surface area contributed by atoms with Gasteiger partial charge in [0.2, 0.25) is 11.8 Å². The van der Waals surface area contributed by atoms with E-state index in [-0.39, 0.29) is 17.7 Å². The maximum Gasteiger partial charge on any atom is 0.248 e. The predicted octanol–water partition coefficient (Wildman–Crippen LogP) is 2.37. The molecule has 1 aliphatic rings. The van der Waals surface area contributed by atoms with Crippen molar-refractivity contribution in [2.24, 2.45) is 11.8 Å². The molecule has 0 aliphatic heterocycles. The van der Waals surface area contributed by atoms with Crippen molar-refractivity contribution in [3.8, 4) is 0 Å². The summed E-state index contributed by atoms with van der Waals surface area (Å²) in [5.41, 5.74) is 1.12. The van der Waals surface area contributed by atoms with Crippen LogP contribution >= 0.6 is 11.3 Å². The van der Waals surface area contributed by atoms with Crippen LogP contribution in [-0.2, 0) is 22.4 Å². The Balaban J connectivity index is 2.06. The molecule has 116 valence electrons. The van der Waals surface area contributed by atoms with Crippen LogP contribution in [0.4, 0.5) is 5.13 Å². The lowest BCUT2D eigenvalue weighted by molar-refractivity contribution is -0.126. The SMILES string of the molecule is CC(=O)NC(C(=O)Nc1nc2c(s1)CC(C)CC2)C(C)C. The molecule has 5 nitrogen and oxygen atoms in total. The normalized spacial score (nSPS) is 19.0. The van der Waals surface area contributed by atoms with Crippen LogP contribution in [0, 0.1) is 11.8 Å². The number of carbonyl (C=O) groups is 2. The lowest BCUT2D eigenvalue weighted by Gasteiger charge is -2.20. The highest BCUT2D eigenvalue weighted by atomic mass is 32.1. The van der Waals surface area contributed by atoms with Gasteiger partial charge in [-0.2, -0.15) is 0 Å². The van der Waals surface area contributed by atoms with Gasteiger partial charge in [-0.3, -0.25) is 9.59 Å². The molecule has 2 atom stereocenters. The first kappa shape index (κ1) is 15.9. The molecule has 2 N–H and O–H groups in total. The molecule has 0 spiro atoms. The Morgan fingerprint density at radius 2 is 2.10 bits per heavy atom. The molecule has 1 aromatic heterocycles. The van der Waals surface area contributed by atoms with Gasteiger partial charge in [-0.05, 0) is 31.1 Å². The third kappa shape index (κ3) is 4.03. The Bertz CT molecular complexity index is 539. The highest BCUT2D eigenvalue weighted by Gasteiger charge is 2.25. The van der Waals surface area contributed by atoms with Gasteiger partial charge in [0.1, 0.15) is 6.04 Å². The minimum atomic E-state index is -0.526. The number of fused-ring (bicyclic) bond motifs is 1. The van der Waals surface area contributed by atoms with Crippen molar-refractivity contribution >= 4 is 28.3 Å². The molecule has 1 aliphatic carbocycles. The van der Waals surface area contributed by atoms with Gasteiger partial charge in [0.15, 0.2) is 5.13 Å². The molecule has 2 unspecified atom stereocenters. The Kier molecular flexibility index (Phi) is 4.98. The highest BCUT2D eigenvalue weighted by Crippen LogP contribution is 2.32. The summed E-state index contributed by atoms with van der Waals surface area (Å²) in [6.07, 6.45) is 3.19. The second kappa shape index (κ2) is 6.56. The number of hydrogen-bond donors (Lipinski definition) is 2. The first-order valence-corrected chi connectivity index (χ1v) is 8.25. The fourth-order valence-corrected chi connectivity index (χ4v) is 3.70. The van der Waals surface area contributed by atoms with Gasteiger partial charge in [-0.1, -0.05) is 20.8 Å². The minimum Gasteiger partial charge on any atom is -0.344 e. The third-order valence-corrected chi connectivity index (χ3v) is 4.76. The summed E-state index contributed by atoms with van der Waals surface area (Å²) < 4.78 is 0. The highest BCUT2D eigenvalue weighted by molar-refractivity contribution is 7.15. The molecule has 0 saturated carbocycles. The second-order valence-electron chi connectivity index (χ2n) is 6.15. The molecule has 1 aromatic rings. The monoisotopic (exact) mass is 309 g/mol. The number of nitrogens with one attached hydrogen (secondary N) is 2. The molecular formula is C15H23N3O2S. The lowest BCUT2D eigenvalue weighted by atomic mass is 9.93. The van der Waals surface area contributed by atoms with E-state index in [2.05, 4.69) is 22.5 Å². The van der Waals surface area contributed by atoms with E-state index in [1.165, 1.54) is 11.8 Å². The minimum absolute atomic E-state index is 0.0310. The van der Waals surface area contributed by atoms with E-state index in [9.17, 15) is 9.59 Å². The van der Waals surface area contributed by atoms with E-state index in [1.54, 1.807) is 11.3 Å². The third-order valence-electron chi connectivity index (χ3n) is 3.72. The summed E-state index contributed by atoms with van der Waals surface area (Å²) in [4.78, 5) is 29.3. The van der Waals surface area contributed by atoms with Gasteiger partial charge in [-0.15, -0.1) is 11.3 Å². The fourth-order valence-electron chi connectivity index (χ4n) is 2.53. The van der Waals surface area contributed by atoms with Gasteiger partial charge in [0.05, 0.1) is 5.69 Å². The average Bonchev–Trinajstić information content (AvgIpc) is 2.76. The number of thiazole rings is 1. The van der Waals surface area contributed by atoms with Gasteiger partial charge >= 0.3 is 0 Å². The van der Waals surface area contributed by atoms with Crippen LogP contribution in [0.2, 0.25) is 0 Å².